The van der Waals surface area contributed by atoms with Crippen LogP contribution in [0.1, 0.15) is 26.7 Å². The van der Waals surface area contributed by atoms with Gasteiger partial charge in [-0.2, -0.15) is 0 Å². The van der Waals surface area contributed by atoms with Gasteiger partial charge in [0.1, 0.15) is 11.4 Å². The van der Waals surface area contributed by atoms with Gasteiger partial charge in [0.15, 0.2) is 0 Å². The molecule has 3 rings (SSSR count). The van der Waals surface area contributed by atoms with E-state index < -0.39 is 5.54 Å². The van der Waals surface area contributed by atoms with Gasteiger partial charge < -0.3 is 14.5 Å². The molecule has 0 radical (unpaired) electrons. The van der Waals surface area contributed by atoms with Crippen molar-refractivity contribution >= 4 is 29.4 Å². The number of methoxy groups -OCH3 is 1. The van der Waals surface area contributed by atoms with Gasteiger partial charge in [0.2, 0.25) is 0 Å². The number of nitrogens with zero attached hydrogens (tertiary/aromatic N) is 4. The number of imide groups is 1. The summed E-state index contributed by atoms with van der Waals surface area (Å²) in [6, 6.07) is 3.51. The summed E-state index contributed by atoms with van der Waals surface area (Å²) in [5.41, 5.74) is -0.752. The normalized spacial score (nSPS) is 19.7. The number of amides is 3. The summed E-state index contributed by atoms with van der Waals surface area (Å²) in [5, 5.41) is 0.598. The van der Waals surface area contributed by atoms with E-state index in [1.807, 2.05) is 12.1 Å². The molecule has 0 bridgehead atoms. The highest BCUT2D eigenvalue weighted by atomic mass is 35.5. The molecule has 0 N–H and O–H groups in total. The Kier molecular flexibility index (Phi) is 5.91. The molecule has 1 aromatic rings. The second-order valence-electron chi connectivity index (χ2n) is 7.59. The van der Waals surface area contributed by atoms with Crippen molar-refractivity contribution in [1.29, 1.82) is 0 Å². The molecule has 0 unspecified atom stereocenters. The van der Waals surface area contributed by atoms with Gasteiger partial charge in [-0.05, 0) is 30.9 Å². The van der Waals surface area contributed by atoms with Crippen LogP contribution in [0.3, 0.4) is 0 Å². The zero-order chi connectivity index (χ0) is 19.6. The third-order valence-electron chi connectivity index (χ3n) is 5.31. The molecule has 3 amide bonds. The molecule has 0 atom stereocenters. The fourth-order valence-electron chi connectivity index (χ4n) is 3.92. The van der Waals surface area contributed by atoms with Crippen LogP contribution in [0.25, 0.3) is 0 Å². The number of rotatable bonds is 6. The monoisotopic (exact) mass is 394 g/mol. The van der Waals surface area contributed by atoms with Gasteiger partial charge in [-0.15, -0.1) is 0 Å². The van der Waals surface area contributed by atoms with E-state index in [2.05, 4.69) is 23.7 Å². The maximum Gasteiger partial charge on any atom is 0.327 e. The van der Waals surface area contributed by atoms with Crippen LogP contribution in [0.2, 0.25) is 5.02 Å². The molecule has 8 heteroatoms. The Hall–Kier alpha value is -1.86. The lowest BCUT2D eigenvalue weighted by molar-refractivity contribution is -0.134. The summed E-state index contributed by atoms with van der Waals surface area (Å²) < 4.78 is 5.09. The van der Waals surface area contributed by atoms with Crippen molar-refractivity contribution in [1.82, 2.24) is 14.8 Å². The highest BCUT2D eigenvalue weighted by molar-refractivity contribution is 6.30. The maximum absolute atomic E-state index is 13.2. The van der Waals surface area contributed by atoms with E-state index in [0.717, 1.165) is 5.82 Å². The second-order valence-corrected chi connectivity index (χ2v) is 8.03. The Labute approximate surface area is 165 Å². The van der Waals surface area contributed by atoms with E-state index in [0.29, 0.717) is 50.7 Å². The van der Waals surface area contributed by atoms with Crippen LogP contribution >= 0.6 is 11.6 Å². The summed E-state index contributed by atoms with van der Waals surface area (Å²) in [6.07, 6.45) is 2.82. The molecule has 2 aliphatic heterocycles. The molecular weight excluding hydrogens is 368 g/mol. The molecular formula is C19H27ClN4O3. The van der Waals surface area contributed by atoms with Gasteiger partial charge in [0.25, 0.3) is 5.91 Å². The number of ether oxygens (including phenoxy) is 1. The highest BCUT2D eigenvalue weighted by Crippen LogP contribution is 2.38. The molecule has 2 aliphatic rings. The number of hydrogen-bond acceptors (Lipinski definition) is 5. The molecule has 27 heavy (non-hydrogen) atoms. The SMILES string of the molecule is COCCN1C(=O)N(CC(C)C)C2(CCN(c3ccc(Cl)cn3)CC2)C1=O. The summed E-state index contributed by atoms with van der Waals surface area (Å²) in [4.78, 5) is 35.9. The highest BCUT2D eigenvalue weighted by Gasteiger charge is 2.57. The second kappa shape index (κ2) is 8.02. The average Bonchev–Trinajstić information content (AvgIpc) is 2.83. The zero-order valence-electron chi connectivity index (χ0n) is 16.2. The van der Waals surface area contributed by atoms with Crippen molar-refractivity contribution < 1.29 is 14.3 Å². The first-order valence-electron chi connectivity index (χ1n) is 9.38. The summed E-state index contributed by atoms with van der Waals surface area (Å²) >= 11 is 5.92. The van der Waals surface area contributed by atoms with E-state index in [9.17, 15) is 9.59 Å². The molecule has 0 aliphatic carbocycles. The zero-order valence-corrected chi connectivity index (χ0v) is 16.9. The lowest BCUT2D eigenvalue weighted by Gasteiger charge is -2.43. The van der Waals surface area contributed by atoms with Gasteiger partial charge in [-0.1, -0.05) is 25.4 Å². The minimum absolute atomic E-state index is 0.0890. The van der Waals surface area contributed by atoms with Crippen molar-refractivity contribution in [2.75, 3.05) is 44.8 Å². The standard InChI is InChI=1S/C19H27ClN4O3/c1-14(2)13-24-18(26)23(10-11-27-3)17(25)19(24)6-8-22(9-7-19)16-5-4-15(20)12-21-16/h4-5,12,14H,6-11,13H2,1-3H3. The number of aromatic nitrogens is 1. The lowest BCUT2D eigenvalue weighted by Crippen LogP contribution is -2.57. The smallest absolute Gasteiger partial charge is 0.327 e. The van der Waals surface area contributed by atoms with Crippen LogP contribution in [0.15, 0.2) is 18.3 Å². The fraction of sp³-hybridized carbons (Fsp3) is 0.632. The van der Waals surface area contributed by atoms with E-state index in [1.54, 1.807) is 18.2 Å². The fourth-order valence-corrected chi connectivity index (χ4v) is 4.04. The Morgan fingerprint density at radius 1 is 1.26 bits per heavy atom. The number of anilines is 1. The largest absolute Gasteiger partial charge is 0.383 e. The summed E-state index contributed by atoms with van der Waals surface area (Å²) in [6.45, 7) is 6.69. The predicted molar refractivity (Wildman–Crippen MR) is 104 cm³/mol. The number of urea groups is 1. The molecule has 2 fully saturated rings. The van der Waals surface area contributed by atoms with Crippen LogP contribution in [-0.4, -0.2) is 72.2 Å². The van der Waals surface area contributed by atoms with Crippen molar-refractivity contribution in [3.05, 3.63) is 23.4 Å². The Balaban J connectivity index is 1.80. The Bertz CT molecular complexity index is 687. The summed E-state index contributed by atoms with van der Waals surface area (Å²) in [5.74, 6) is 1.04. The van der Waals surface area contributed by atoms with Gasteiger partial charge in [0, 0.05) is 32.9 Å². The van der Waals surface area contributed by atoms with Crippen molar-refractivity contribution in [3.63, 3.8) is 0 Å². The molecule has 148 valence electrons. The number of pyridine rings is 1. The molecule has 7 nitrogen and oxygen atoms in total. The third-order valence-corrected chi connectivity index (χ3v) is 5.54. The van der Waals surface area contributed by atoms with E-state index in [-0.39, 0.29) is 17.9 Å². The minimum Gasteiger partial charge on any atom is -0.383 e. The number of carbonyl (C=O) groups excluding carboxylic acids is 2. The quantitative estimate of drug-likeness (QED) is 0.694. The van der Waals surface area contributed by atoms with Crippen LogP contribution in [0.5, 0.6) is 0 Å². The van der Waals surface area contributed by atoms with E-state index in [1.165, 1.54) is 4.90 Å². The molecule has 1 spiro atoms. The first kappa shape index (κ1) is 19.9. The molecule has 0 aromatic carbocycles. The average molecular weight is 395 g/mol. The first-order valence-corrected chi connectivity index (χ1v) is 9.76. The number of hydrogen-bond donors (Lipinski definition) is 0. The topological polar surface area (TPSA) is 66.0 Å². The molecule has 0 saturated carbocycles. The van der Waals surface area contributed by atoms with E-state index in [4.69, 9.17) is 16.3 Å². The van der Waals surface area contributed by atoms with Crippen LogP contribution in [-0.2, 0) is 9.53 Å². The lowest BCUT2D eigenvalue weighted by atomic mass is 9.85. The maximum atomic E-state index is 13.2. The predicted octanol–water partition coefficient (Wildman–Crippen LogP) is 2.64. The van der Waals surface area contributed by atoms with Gasteiger partial charge in [-0.25, -0.2) is 9.78 Å². The van der Waals surface area contributed by atoms with Crippen LogP contribution in [0, 0.1) is 5.92 Å². The van der Waals surface area contributed by atoms with Gasteiger partial charge >= 0.3 is 6.03 Å². The number of halogens is 1. The Morgan fingerprint density at radius 3 is 2.52 bits per heavy atom. The van der Waals surface area contributed by atoms with Crippen molar-refractivity contribution in [2.24, 2.45) is 5.92 Å². The number of carbonyl (C=O) groups is 2. The molecule has 1 aromatic heterocycles. The van der Waals surface area contributed by atoms with Gasteiger partial charge in [-0.3, -0.25) is 9.69 Å². The van der Waals surface area contributed by atoms with Crippen LogP contribution < -0.4 is 4.90 Å². The third kappa shape index (κ3) is 3.75. The Morgan fingerprint density at radius 2 is 1.96 bits per heavy atom. The molecule has 3 heterocycles. The number of piperidine rings is 1. The first-order chi connectivity index (χ1) is 12.9. The summed E-state index contributed by atoms with van der Waals surface area (Å²) in [7, 11) is 1.57. The van der Waals surface area contributed by atoms with E-state index >= 15 is 0 Å². The van der Waals surface area contributed by atoms with Gasteiger partial charge in [0.05, 0.1) is 18.2 Å². The van der Waals surface area contributed by atoms with Crippen molar-refractivity contribution in [2.45, 2.75) is 32.2 Å². The van der Waals surface area contributed by atoms with Crippen LogP contribution in [0.4, 0.5) is 10.6 Å². The minimum atomic E-state index is -0.752. The van der Waals surface area contributed by atoms with Crippen molar-refractivity contribution in [3.8, 4) is 0 Å². The molecule has 2 saturated heterocycles.